The highest BCUT2D eigenvalue weighted by Gasteiger charge is 2.21. The summed E-state index contributed by atoms with van der Waals surface area (Å²) in [7, 11) is -8.34. The number of aromatic hydroxyl groups is 4. The Bertz CT molecular complexity index is 2050. The number of hydrogen-bond acceptors (Lipinski definition) is 17. The normalized spacial score (nSPS) is 12.5. The fourth-order valence-electron chi connectivity index (χ4n) is 3.70. The van der Waals surface area contributed by atoms with Crippen molar-refractivity contribution in [1.82, 2.24) is 0 Å². The molecule has 4 aromatic carbocycles. The first kappa shape index (κ1) is 32.3. The minimum absolute atomic E-state index is 0.0278. The number of sulfone groups is 1. The lowest BCUT2D eigenvalue weighted by molar-refractivity contribution is -0.432. The first-order chi connectivity index (χ1) is 20.7. The van der Waals surface area contributed by atoms with Crippen molar-refractivity contribution >= 4 is 71.2 Å². The summed E-state index contributed by atoms with van der Waals surface area (Å²) in [4.78, 5) is -0.845. The molecule has 20 heteroatoms. The van der Waals surface area contributed by atoms with Crippen LogP contribution >= 0.6 is 12.0 Å². The maximum absolute atomic E-state index is 12.1. The van der Waals surface area contributed by atoms with Crippen LogP contribution in [0, 0.1) is 0 Å². The maximum Gasteiger partial charge on any atom is 0.296 e. The van der Waals surface area contributed by atoms with Gasteiger partial charge in [0.1, 0.15) is 44.9 Å². The summed E-state index contributed by atoms with van der Waals surface area (Å²) in [5.74, 6) is -2.35. The molecule has 4 aromatic rings. The Balaban J connectivity index is 1.73. The molecule has 0 fully saturated rings. The fourth-order valence-corrected chi connectivity index (χ4v) is 5.72. The zero-order valence-electron chi connectivity index (χ0n) is 22.0. The minimum atomic E-state index is -4.72. The molecule has 0 saturated heterocycles. The number of nitrogens with zero attached hydrogens (tertiary/aromatic N) is 4. The maximum atomic E-state index is 12.1. The largest absolute Gasteiger partial charge is 0.506 e. The van der Waals surface area contributed by atoms with Gasteiger partial charge in [0.15, 0.2) is 15.6 Å². The van der Waals surface area contributed by atoms with Crippen LogP contribution in [0.4, 0.5) is 28.4 Å². The molecule has 0 amide bonds. The van der Waals surface area contributed by atoms with Crippen LogP contribution in [0.3, 0.4) is 0 Å². The van der Waals surface area contributed by atoms with Gasteiger partial charge in [-0.3, -0.25) is 4.55 Å². The third-order valence-electron chi connectivity index (χ3n) is 5.89. The summed E-state index contributed by atoms with van der Waals surface area (Å²) in [6, 6.07) is 8.53. The van der Waals surface area contributed by atoms with Gasteiger partial charge < -0.3 is 26.2 Å². The second-order valence-electron chi connectivity index (χ2n) is 8.67. The summed E-state index contributed by atoms with van der Waals surface area (Å²) in [5.41, 5.74) is 4.13. The summed E-state index contributed by atoms with van der Waals surface area (Å²) in [6.07, 6.45) is 0. The van der Waals surface area contributed by atoms with Crippen LogP contribution in [0.15, 0.2) is 83.7 Å². The van der Waals surface area contributed by atoms with Gasteiger partial charge in [-0.2, -0.15) is 8.42 Å². The lowest BCUT2D eigenvalue weighted by Gasteiger charge is -2.11. The molecule has 0 saturated carbocycles. The van der Waals surface area contributed by atoms with Crippen molar-refractivity contribution in [2.75, 3.05) is 11.5 Å². The highest BCUT2D eigenvalue weighted by molar-refractivity contribution is 7.94. The average molecular weight is 668 g/mol. The highest BCUT2D eigenvalue weighted by atomic mass is 32.2. The second kappa shape index (κ2) is 12.6. The molecule has 0 aliphatic rings. The van der Waals surface area contributed by atoms with E-state index in [1.54, 1.807) is 0 Å². The molecule has 0 aliphatic carbocycles. The Morgan fingerprint density at radius 1 is 0.818 bits per heavy atom. The van der Waals surface area contributed by atoms with Gasteiger partial charge in [-0.1, -0.05) is 12.0 Å². The van der Waals surface area contributed by atoms with Gasteiger partial charge in [0, 0.05) is 17.5 Å². The average Bonchev–Trinajstić information content (AvgIpc) is 2.96. The molecule has 0 aliphatic heterocycles. The molecular weight excluding hydrogens is 646 g/mol. The third-order valence-corrected chi connectivity index (χ3v) is 9.16. The van der Waals surface area contributed by atoms with Crippen LogP contribution in [0.5, 0.6) is 23.0 Å². The summed E-state index contributed by atoms with van der Waals surface area (Å²) >= 11 is 0.321. The number of hydrogen-bond donors (Lipinski definition) is 7. The molecule has 0 bridgehead atoms. The Hall–Kier alpha value is -4.57. The Morgan fingerprint density at radius 3 is 1.98 bits per heavy atom. The lowest BCUT2D eigenvalue weighted by Crippen LogP contribution is -2.03. The number of rotatable bonds is 10. The third kappa shape index (κ3) is 6.81. The predicted molar refractivity (Wildman–Crippen MR) is 154 cm³/mol. The van der Waals surface area contributed by atoms with Gasteiger partial charge in [0.25, 0.3) is 10.1 Å². The van der Waals surface area contributed by atoms with Crippen LogP contribution in [0.1, 0.15) is 6.92 Å². The van der Waals surface area contributed by atoms with Crippen molar-refractivity contribution in [2.24, 2.45) is 20.5 Å². The highest BCUT2D eigenvalue weighted by Crippen LogP contribution is 2.46. The van der Waals surface area contributed by atoms with E-state index in [0.29, 0.717) is 12.0 Å². The first-order valence-corrected chi connectivity index (χ1v) is 15.7. The number of anilines is 1. The molecule has 0 spiro atoms. The second-order valence-corrected chi connectivity index (χ2v) is 13.1. The molecule has 17 nitrogen and oxygen atoms in total. The summed E-state index contributed by atoms with van der Waals surface area (Å²) in [5, 5.41) is 69.2. The molecule has 0 atom stereocenters. The quantitative estimate of drug-likeness (QED) is 0.0208. The van der Waals surface area contributed by atoms with Crippen molar-refractivity contribution in [3.63, 3.8) is 0 Å². The van der Waals surface area contributed by atoms with E-state index in [1.165, 1.54) is 19.1 Å². The fraction of sp³-hybridized carbons (Fsp3) is 0.0833. The van der Waals surface area contributed by atoms with E-state index in [1.807, 2.05) is 0 Å². The topological polar surface area (TPSA) is 284 Å². The number of nitrogens with two attached hydrogens (primary N) is 1. The number of fused-ring (bicyclic) bond motifs is 1. The number of benzene rings is 4. The van der Waals surface area contributed by atoms with E-state index in [9.17, 15) is 41.8 Å². The molecule has 232 valence electrons. The van der Waals surface area contributed by atoms with Crippen molar-refractivity contribution in [1.29, 1.82) is 0 Å². The zero-order valence-corrected chi connectivity index (χ0v) is 24.5. The van der Waals surface area contributed by atoms with Crippen molar-refractivity contribution < 1.29 is 56.4 Å². The smallest absolute Gasteiger partial charge is 0.296 e. The standard InChI is InChI=1S/C24H21N5O12S3/c1-2-43(35,36)12-3-4-18(30)15(7-12)26-27-16-9-20(32)17(10-19(16)31)28-29-23-21(42-41-40-34)5-11-6-22(44(37,38)39)14(25)8-13(11)24(23)33/h3-10,30-34H,2,25H2,1H3,(H,37,38,39). The number of phenols is 4. The summed E-state index contributed by atoms with van der Waals surface area (Å²) in [6.45, 7) is 1.44. The lowest BCUT2D eigenvalue weighted by atomic mass is 10.1. The predicted octanol–water partition coefficient (Wildman–Crippen LogP) is 5.54. The monoisotopic (exact) mass is 667 g/mol. The molecule has 4 rings (SSSR count). The van der Waals surface area contributed by atoms with Crippen molar-refractivity contribution in [2.45, 2.75) is 21.6 Å². The molecule has 8 N–H and O–H groups in total. The van der Waals surface area contributed by atoms with Gasteiger partial charge >= 0.3 is 0 Å². The molecular formula is C24H21N5O12S3. The van der Waals surface area contributed by atoms with E-state index in [-0.39, 0.29) is 49.1 Å². The van der Waals surface area contributed by atoms with Gasteiger partial charge in [0.05, 0.1) is 33.3 Å². The Morgan fingerprint density at radius 2 is 1.41 bits per heavy atom. The van der Waals surface area contributed by atoms with E-state index < -0.39 is 53.5 Å². The Kier molecular flexibility index (Phi) is 9.25. The van der Waals surface area contributed by atoms with E-state index in [0.717, 1.165) is 36.4 Å². The van der Waals surface area contributed by atoms with Crippen LogP contribution in [-0.2, 0) is 29.3 Å². The zero-order chi connectivity index (χ0) is 32.4. The molecule has 0 aromatic heterocycles. The van der Waals surface area contributed by atoms with E-state index >= 15 is 0 Å². The van der Waals surface area contributed by atoms with Crippen LogP contribution in [-0.4, -0.2) is 52.8 Å². The van der Waals surface area contributed by atoms with Gasteiger partial charge in [-0.05, 0) is 41.8 Å². The first-order valence-electron chi connectivity index (χ1n) is 11.8. The van der Waals surface area contributed by atoms with Crippen LogP contribution in [0.25, 0.3) is 10.8 Å². The number of azo groups is 2. The van der Waals surface area contributed by atoms with Crippen LogP contribution in [0.2, 0.25) is 0 Å². The van der Waals surface area contributed by atoms with Crippen molar-refractivity contribution in [3.8, 4) is 23.0 Å². The van der Waals surface area contributed by atoms with E-state index in [4.69, 9.17) is 11.0 Å². The molecule has 0 radical (unpaired) electrons. The van der Waals surface area contributed by atoms with Gasteiger partial charge in [0.2, 0.25) is 0 Å². The summed E-state index contributed by atoms with van der Waals surface area (Å²) < 4.78 is 61.4. The molecule has 44 heavy (non-hydrogen) atoms. The molecule has 0 heterocycles. The van der Waals surface area contributed by atoms with Gasteiger partial charge in [-0.15, -0.1) is 24.8 Å². The van der Waals surface area contributed by atoms with Crippen LogP contribution < -0.4 is 5.73 Å². The van der Waals surface area contributed by atoms with E-state index in [2.05, 4.69) is 29.8 Å². The Labute approximate surface area is 252 Å². The minimum Gasteiger partial charge on any atom is -0.506 e. The number of nitrogen functional groups attached to an aromatic ring is 1. The van der Waals surface area contributed by atoms with Crippen molar-refractivity contribution in [3.05, 3.63) is 48.5 Å². The van der Waals surface area contributed by atoms with Gasteiger partial charge in [-0.25, -0.2) is 13.7 Å². The molecule has 0 unspecified atom stereocenters. The number of phenolic OH excluding ortho intramolecular Hbond substituents is 4. The SMILES string of the molecule is CCS(=O)(=O)c1ccc(O)c(N=Nc2cc(O)c(N=Nc3c(SOOO)cc4cc(S(=O)(=O)O)c(N)cc4c3O)cc2O)c1.